The lowest BCUT2D eigenvalue weighted by molar-refractivity contribution is -0.135. The molecule has 4 rings (SSSR count). The number of hydrogen-bond donors (Lipinski definition) is 1. The first-order valence-corrected chi connectivity index (χ1v) is 10.3. The van der Waals surface area contributed by atoms with Crippen molar-refractivity contribution in [2.24, 2.45) is 5.92 Å². The number of amides is 2. The van der Waals surface area contributed by atoms with E-state index in [1.165, 1.54) is 6.07 Å². The van der Waals surface area contributed by atoms with Gasteiger partial charge in [0.25, 0.3) is 5.91 Å². The summed E-state index contributed by atoms with van der Waals surface area (Å²) in [6.45, 7) is 4.93. The SMILES string of the molecule is CC1CCN(C(=O)C[C@H]2COCCN2C(=O)c2cc(=O)c3ccccc3[nH]2)CC1. The number of carbonyl (C=O) groups excluding carboxylic acids is 2. The summed E-state index contributed by atoms with van der Waals surface area (Å²) in [5, 5.41) is 0.553. The van der Waals surface area contributed by atoms with E-state index >= 15 is 0 Å². The maximum absolute atomic E-state index is 13.2. The summed E-state index contributed by atoms with van der Waals surface area (Å²) < 4.78 is 5.56. The Morgan fingerprint density at radius 1 is 1.17 bits per heavy atom. The Morgan fingerprint density at radius 3 is 2.72 bits per heavy atom. The fourth-order valence-corrected chi connectivity index (χ4v) is 4.15. The van der Waals surface area contributed by atoms with Gasteiger partial charge in [-0.3, -0.25) is 14.4 Å². The molecule has 3 heterocycles. The molecule has 0 spiro atoms. The molecule has 1 aromatic heterocycles. The second-order valence-electron chi connectivity index (χ2n) is 8.09. The average molecular weight is 397 g/mol. The van der Waals surface area contributed by atoms with E-state index in [9.17, 15) is 14.4 Å². The molecule has 2 fully saturated rings. The molecule has 0 aliphatic carbocycles. The van der Waals surface area contributed by atoms with Crippen molar-refractivity contribution in [2.45, 2.75) is 32.2 Å². The lowest BCUT2D eigenvalue weighted by Gasteiger charge is -2.37. The summed E-state index contributed by atoms with van der Waals surface area (Å²) in [5.74, 6) is 0.457. The topological polar surface area (TPSA) is 82.7 Å². The van der Waals surface area contributed by atoms with Crippen LogP contribution in [0.15, 0.2) is 35.1 Å². The van der Waals surface area contributed by atoms with Crippen molar-refractivity contribution >= 4 is 22.7 Å². The van der Waals surface area contributed by atoms with Crippen LogP contribution in [0.1, 0.15) is 36.7 Å². The van der Waals surface area contributed by atoms with Gasteiger partial charge in [-0.15, -0.1) is 0 Å². The summed E-state index contributed by atoms with van der Waals surface area (Å²) in [5.41, 5.74) is 0.692. The van der Waals surface area contributed by atoms with Gasteiger partial charge in [0.15, 0.2) is 5.43 Å². The number of fused-ring (bicyclic) bond motifs is 1. The number of benzene rings is 1. The Bertz CT molecular complexity index is 962. The molecule has 1 aromatic carbocycles. The number of rotatable bonds is 3. The molecule has 0 radical (unpaired) electrons. The van der Waals surface area contributed by atoms with E-state index < -0.39 is 0 Å². The van der Waals surface area contributed by atoms with Crippen molar-refractivity contribution in [1.82, 2.24) is 14.8 Å². The Labute approximate surface area is 169 Å². The van der Waals surface area contributed by atoms with Gasteiger partial charge in [-0.2, -0.15) is 0 Å². The van der Waals surface area contributed by atoms with E-state index in [0.29, 0.717) is 36.6 Å². The standard InChI is InChI=1S/C22H27N3O4/c1-15-6-8-24(9-7-15)21(27)12-16-14-29-11-10-25(16)22(28)19-13-20(26)17-4-2-3-5-18(17)23-19/h2-5,13,15-16H,6-12,14H2,1H3,(H,23,26)/t16-/m0/s1. The third-order valence-electron chi connectivity index (χ3n) is 6.00. The Balaban J connectivity index is 1.52. The van der Waals surface area contributed by atoms with Gasteiger partial charge in [0.1, 0.15) is 5.69 Å². The monoisotopic (exact) mass is 397 g/mol. The first-order chi connectivity index (χ1) is 14.0. The summed E-state index contributed by atoms with van der Waals surface area (Å²) in [6.07, 6.45) is 2.29. The van der Waals surface area contributed by atoms with Gasteiger partial charge in [0, 0.05) is 43.0 Å². The predicted octanol–water partition coefficient (Wildman–Crippen LogP) is 2.02. The van der Waals surface area contributed by atoms with Crippen LogP contribution in [0, 0.1) is 5.92 Å². The first-order valence-electron chi connectivity index (χ1n) is 10.3. The zero-order valence-corrected chi connectivity index (χ0v) is 16.7. The number of nitrogens with one attached hydrogen (secondary N) is 1. The fraction of sp³-hybridized carbons (Fsp3) is 0.500. The number of aromatic amines is 1. The number of hydrogen-bond acceptors (Lipinski definition) is 4. The Morgan fingerprint density at radius 2 is 1.93 bits per heavy atom. The smallest absolute Gasteiger partial charge is 0.270 e. The van der Waals surface area contributed by atoms with Crippen molar-refractivity contribution in [3.63, 3.8) is 0 Å². The number of carbonyl (C=O) groups is 2. The molecular formula is C22H27N3O4. The molecule has 1 N–H and O–H groups in total. The Hall–Kier alpha value is -2.67. The van der Waals surface area contributed by atoms with E-state index in [4.69, 9.17) is 4.74 Å². The highest BCUT2D eigenvalue weighted by atomic mass is 16.5. The largest absolute Gasteiger partial charge is 0.377 e. The number of morpholine rings is 1. The normalized spacial score (nSPS) is 20.8. The van der Waals surface area contributed by atoms with Crippen LogP contribution in [0.5, 0.6) is 0 Å². The quantitative estimate of drug-likeness (QED) is 0.859. The number of para-hydroxylation sites is 1. The molecule has 154 valence electrons. The number of piperidine rings is 1. The lowest BCUT2D eigenvalue weighted by atomic mass is 9.98. The maximum Gasteiger partial charge on any atom is 0.270 e. The van der Waals surface area contributed by atoms with Crippen LogP contribution >= 0.6 is 0 Å². The first kappa shape index (κ1) is 19.6. The van der Waals surface area contributed by atoms with Crippen molar-refractivity contribution in [3.8, 4) is 0 Å². The number of aromatic nitrogens is 1. The number of likely N-dealkylation sites (tertiary alicyclic amines) is 1. The van der Waals surface area contributed by atoms with Crippen LogP contribution < -0.4 is 5.43 Å². The second-order valence-corrected chi connectivity index (χ2v) is 8.09. The van der Waals surface area contributed by atoms with Gasteiger partial charge in [-0.1, -0.05) is 19.1 Å². The van der Waals surface area contributed by atoms with E-state index in [1.807, 2.05) is 11.0 Å². The van der Waals surface area contributed by atoms with Gasteiger partial charge >= 0.3 is 0 Å². The fourth-order valence-electron chi connectivity index (χ4n) is 4.15. The zero-order chi connectivity index (χ0) is 20.4. The minimum atomic E-state index is -0.321. The molecule has 2 aliphatic rings. The summed E-state index contributed by atoms with van der Waals surface area (Å²) in [4.78, 5) is 45.0. The minimum Gasteiger partial charge on any atom is -0.377 e. The number of H-pyrrole nitrogens is 1. The molecule has 7 heteroatoms. The predicted molar refractivity (Wildman–Crippen MR) is 110 cm³/mol. The summed E-state index contributed by atoms with van der Waals surface area (Å²) in [7, 11) is 0. The highest BCUT2D eigenvalue weighted by Gasteiger charge is 2.32. The molecule has 2 aromatic rings. The van der Waals surface area contributed by atoms with Gasteiger partial charge in [0.2, 0.25) is 5.91 Å². The molecular weight excluding hydrogens is 370 g/mol. The molecule has 0 saturated carbocycles. The molecule has 2 saturated heterocycles. The van der Waals surface area contributed by atoms with Gasteiger partial charge in [-0.25, -0.2) is 0 Å². The summed E-state index contributed by atoms with van der Waals surface area (Å²) in [6, 6.07) is 8.17. The number of nitrogens with zero attached hydrogens (tertiary/aromatic N) is 2. The molecule has 7 nitrogen and oxygen atoms in total. The van der Waals surface area contributed by atoms with Crippen LogP contribution in [0.4, 0.5) is 0 Å². The molecule has 0 unspecified atom stereocenters. The second kappa shape index (κ2) is 8.37. The molecule has 0 bridgehead atoms. The van der Waals surface area contributed by atoms with E-state index in [1.54, 1.807) is 23.1 Å². The maximum atomic E-state index is 13.2. The molecule has 29 heavy (non-hydrogen) atoms. The number of ether oxygens (including phenoxy) is 1. The third kappa shape index (κ3) is 4.19. The highest BCUT2D eigenvalue weighted by molar-refractivity contribution is 5.95. The van der Waals surface area contributed by atoms with Crippen LogP contribution in [0.3, 0.4) is 0 Å². The lowest BCUT2D eigenvalue weighted by Crippen LogP contribution is -2.51. The third-order valence-corrected chi connectivity index (χ3v) is 6.00. The van der Waals surface area contributed by atoms with E-state index in [0.717, 1.165) is 25.9 Å². The highest BCUT2D eigenvalue weighted by Crippen LogP contribution is 2.20. The Kier molecular flexibility index (Phi) is 5.67. The van der Waals surface area contributed by atoms with Crippen molar-refractivity contribution in [3.05, 3.63) is 46.2 Å². The molecule has 1 atom stereocenters. The van der Waals surface area contributed by atoms with Crippen LogP contribution in [0.25, 0.3) is 10.9 Å². The van der Waals surface area contributed by atoms with Crippen molar-refractivity contribution < 1.29 is 14.3 Å². The molecule has 2 amide bonds. The van der Waals surface area contributed by atoms with Gasteiger partial charge in [-0.05, 0) is 30.9 Å². The summed E-state index contributed by atoms with van der Waals surface area (Å²) >= 11 is 0. The van der Waals surface area contributed by atoms with E-state index in [-0.39, 0.29) is 35.4 Å². The minimum absolute atomic E-state index is 0.0669. The molecule has 2 aliphatic heterocycles. The van der Waals surface area contributed by atoms with Crippen LogP contribution in [-0.2, 0) is 9.53 Å². The van der Waals surface area contributed by atoms with Crippen molar-refractivity contribution in [2.75, 3.05) is 32.8 Å². The number of pyridine rings is 1. The van der Waals surface area contributed by atoms with Crippen molar-refractivity contribution in [1.29, 1.82) is 0 Å². The van der Waals surface area contributed by atoms with E-state index in [2.05, 4.69) is 11.9 Å². The van der Waals surface area contributed by atoms with Gasteiger partial charge < -0.3 is 19.5 Å². The van der Waals surface area contributed by atoms with Crippen LogP contribution in [0.2, 0.25) is 0 Å². The zero-order valence-electron chi connectivity index (χ0n) is 16.7. The van der Waals surface area contributed by atoms with Crippen LogP contribution in [-0.4, -0.2) is 65.5 Å². The van der Waals surface area contributed by atoms with Gasteiger partial charge in [0.05, 0.1) is 19.3 Å². The average Bonchev–Trinajstić information content (AvgIpc) is 2.74.